The number of nitrogens with one attached hydrogen (secondary N) is 2. The third-order valence-electron chi connectivity index (χ3n) is 3.88. The second-order valence-corrected chi connectivity index (χ2v) is 6.36. The fourth-order valence-corrected chi connectivity index (χ4v) is 2.84. The SMILES string of the molecule is Cc1ccc2oc(-c3cccc(NC(=S)NC(=O)c4ccco4)c3)nc2c1. The third-order valence-corrected chi connectivity index (χ3v) is 4.09. The summed E-state index contributed by atoms with van der Waals surface area (Å²) in [5, 5.41) is 5.71. The Morgan fingerprint density at radius 3 is 2.81 bits per heavy atom. The van der Waals surface area contributed by atoms with Gasteiger partial charge < -0.3 is 14.2 Å². The molecule has 4 rings (SSSR count). The molecule has 0 unspecified atom stereocenters. The maximum absolute atomic E-state index is 12.0. The van der Waals surface area contributed by atoms with Crippen molar-refractivity contribution in [3.05, 3.63) is 72.2 Å². The van der Waals surface area contributed by atoms with Gasteiger partial charge in [0.15, 0.2) is 16.5 Å². The molecule has 6 nitrogen and oxygen atoms in total. The molecule has 7 heteroatoms. The second kappa shape index (κ2) is 7.05. The van der Waals surface area contributed by atoms with Gasteiger partial charge in [-0.15, -0.1) is 0 Å². The molecule has 0 aliphatic rings. The Balaban J connectivity index is 1.51. The van der Waals surface area contributed by atoms with Gasteiger partial charge >= 0.3 is 0 Å². The molecule has 4 aromatic rings. The summed E-state index contributed by atoms with van der Waals surface area (Å²) < 4.78 is 10.9. The minimum absolute atomic E-state index is 0.168. The maximum atomic E-state index is 12.0. The summed E-state index contributed by atoms with van der Waals surface area (Å²) in [5.41, 5.74) is 4.17. The molecule has 2 aromatic heterocycles. The lowest BCUT2D eigenvalue weighted by Gasteiger charge is -2.09. The van der Waals surface area contributed by atoms with Crippen LogP contribution in [0.2, 0.25) is 0 Å². The average molecular weight is 377 g/mol. The predicted octanol–water partition coefficient (Wildman–Crippen LogP) is 4.52. The summed E-state index contributed by atoms with van der Waals surface area (Å²) >= 11 is 5.19. The summed E-state index contributed by atoms with van der Waals surface area (Å²) in [6.45, 7) is 2.01. The largest absolute Gasteiger partial charge is 0.459 e. The number of carbonyl (C=O) groups is 1. The van der Waals surface area contributed by atoms with E-state index in [1.807, 2.05) is 49.4 Å². The lowest BCUT2D eigenvalue weighted by Crippen LogP contribution is -2.33. The number of nitrogens with zero attached hydrogens (tertiary/aromatic N) is 1. The van der Waals surface area contributed by atoms with Crippen LogP contribution in [0.4, 0.5) is 5.69 Å². The molecular formula is C20H15N3O3S. The number of hydrogen-bond acceptors (Lipinski definition) is 5. The van der Waals surface area contributed by atoms with Gasteiger partial charge in [0, 0.05) is 11.3 Å². The molecule has 0 bridgehead atoms. The van der Waals surface area contributed by atoms with Crippen molar-refractivity contribution in [2.45, 2.75) is 6.92 Å². The second-order valence-electron chi connectivity index (χ2n) is 5.96. The zero-order valence-corrected chi connectivity index (χ0v) is 15.2. The van der Waals surface area contributed by atoms with E-state index in [9.17, 15) is 4.79 Å². The van der Waals surface area contributed by atoms with E-state index in [2.05, 4.69) is 15.6 Å². The Kier molecular flexibility index (Phi) is 4.43. The number of hydrogen-bond donors (Lipinski definition) is 2. The number of furan rings is 1. The lowest BCUT2D eigenvalue weighted by atomic mass is 10.2. The van der Waals surface area contributed by atoms with Gasteiger partial charge in [-0.05, 0) is 67.2 Å². The molecule has 0 atom stereocenters. The smallest absolute Gasteiger partial charge is 0.293 e. The van der Waals surface area contributed by atoms with Gasteiger partial charge in [-0.2, -0.15) is 0 Å². The number of aryl methyl sites for hydroxylation is 1. The molecule has 2 aromatic carbocycles. The Morgan fingerprint density at radius 1 is 1.11 bits per heavy atom. The van der Waals surface area contributed by atoms with Crippen LogP contribution in [0.25, 0.3) is 22.6 Å². The maximum Gasteiger partial charge on any atom is 0.293 e. The standard InChI is InChI=1S/C20H15N3O3S/c1-12-7-8-16-15(10-12)22-19(26-16)13-4-2-5-14(11-13)21-20(27)23-18(24)17-6-3-9-25-17/h2-11H,1H3,(H2,21,23,24,27). The topological polar surface area (TPSA) is 80.3 Å². The molecule has 134 valence electrons. The van der Waals surface area contributed by atoms with Gasteiger partial charge in [-0.3, -0.25) is 10.1 Å². The third kappa shape index (κ3) is 3.73. The van der Waals surface area contributed by atoms with Crippen LogP contribution in [0, 0.1) is 6.92 Å². The normalized spacial score (nSPS) is 10.7. The highest BCUT2D eigenvalue weighted by Crippen LogP contribution is 2.26. The van der Waals surface area contributed by atoms with Crippen molar-refractivity contribution < 1.29 is 13.6 Å². The van der Waals surface area contributed by atoms with Gasteiger partial charge in [-0.25, -0.2) is 4.98 Å². The number of rotatable bonds is 3. The summed E-state index contributed by atoms with van der Waals surface area (Å²) in [7, 11) is 0. The molecule has 2 heterocycles. The van der Waals surface area contributed by atoms with Crippen molar-refractivity contribution in [1.82, 2.24) is 10.3 Å². The highest BCUT2D eigenvalue weighted by molar-refractivity contribution is 7.80. The Hall–Kier alpha value is -3.45. The monoisotopic (exact) mass is 377 g/mol. The molecule has 0 fully saturated rings. The van der Waals surface area contributed by atoms with Crippen LogP contribution < -0.4 is 10.6 Å². The molecule has 0 aliphatic heterocycles. The van der Waals surface area contributed by atoms with Gasteiger partial charge in [0.25, 0.3) is 5.91 Å². The van der Waals surface area contributed by atoms with E-state index >= 15 is 0 Å². The molecule has 0 radical (unpaired) electrons. The Labute approximate surface area is 160 Å². The molecular weight excluding hydrogens is 362 g/mol. The number of amides is 1. The molecule has 0 saturated heterocycles. The van der Waals surface area contributed by atoms with E-state index in [0.717, 1.165) is 22.2 Å². The van der Waals surface area contributed by atoms with Crippen LogP contribution in [0.3, 0.4) is 0 Å². The van der Waals surface area contributed by atoms with Gasteiger partial charge in [0.1, 0.15) is 5.52 Å². The molecule has 0 aliphatic carbocycles. The fraction of sp³-hybridized carbons (Fsp3) is 0.0500. The Morgan fingerprint density at radius 2 is 2.00 bits per heavy atom. The van der Waals surface area contributed by atoms with Crippen LogP contribution in [0.1, 0.15) is 16.1 Å². The van der Waals surface area contributed by atoms with Crippen molar-refractivity contribution >= 4 is 40.0 Å². The first-order valence-electron chi connectivity index (χ1n) is 8.22. The van der Waals surface area contributed by atoms with Crippen molar-refractivity contribution in [3.63, 3.8) is 0 Å². The van der Waals surface area contributed by atoms with E-state index in [-0.39, 0.29) is 10.9 Å². The van der Waals surface area contributed by atoms with Crippen molar-refractivity contribution in [2.75, 3.05) is 5.32 Å². The minimum Gasteiger partial charge on any atom is -0.459 e. The van der Waals surface area contributed by atoms with Crippen LogP contribution in [-0.4, -0.2) is 16.0 Å². The molecule has 0 saturated carbocycles. The van der Waals surface area contributed by atoms with Crippen molar-refractivity contribution in [2.24, 2.45) is 0 Å². The van der Waals surface area contributed by atoms with Crippen LogP contribution in [0.15, 0.2) is 69.7 Å². The van der Waals surface area contributed by atoms with Crippen LogP contribution in [0.5, 0.6) is 0 Å². The average Bonchev–Trinajstić information content (AvgIpc) is 3.31. The highest BCUT2D eigenvalue weighted by atomic mass is 32.1. The molecule has 2 N–H and O–H groups in total. The van der Waals surface area contributed by atoms with Gasteiger partial charge in [0.2, 0.25) is 5.89 Å². The summed E-state index contributed by atoms with van der Waals surface area (Å²) in [5.74, 6) is 0.294. The lowest BCUT2D eigenvalue weighted by molar-refractivity contribution is 0.0950. The summed E-state index contributed by atoms with van der Waals surface area (Å²) in [6, 6.07) is 16.5. The van der Waals surface area contributed by atoms with Crippen molar-refractivity contribution in [1.29, 1.82) is 0 Å². The zero-order valence-electron chi connectivity index (χ0n) is 14.4. The van der Waals surface area contributed by atoms with E-state index in [4.69, 9.17) is 21.1 Å². The van der Waals surface area contributed by atoms with E-state index < -0.39 is 5.91 Å². The van der Waals surface area contributed by atoms with E-state index in [0.29, 0.717) is 11.6 Å². The predicted molar refractivity (Wildman–Crippen MR) is 107 cm³/mol. The fourth-order valence-electron chi connectivity index (χ4n) is 2.63. The molecule has 0 spiro atoms. The van der Waals surface area contributed by atoms with E-state index in [1.54, 1.807) is 12.1 Å². The van der Waals surface area contributed by atoms with Crippen molar-refractivity contribution in [3.8, 4) is 11.5 Å². The summed E-state index contributed by atoms with van der Waals surface area (Å²) in [4.78, 5) is 16.5. The number of oxazole rings is 1. The number of fused-ring (bicyclic) bond motifs is 1. The van der Waals surface area contributed by atoms with Crippen LogP contribution >= 0.6 is 12.2 Å². The molecule has 27 heavy (non-hydrogen) atoms. The minimum atomic E-state index is -0.414. The first kappa shape index (κ1) is 17.0. The zero-order chi connectivity index (χ0) is 18.8. The first-order valence-corrected chi connectivity index (χ1v) is 8.63. The molecule has 1 amide bonds. The highest BCUT2D eigenvalue weighted by Gasteiger charge is 2.12. The number of aromatic nitrogens is 1. The first-order chi connectivity index (χ1) is 13.1. The van der Waals surface area contributed by atoms with E-state index in [1.165, 1.54) is 6.26 Å². The number of carbonyl (C=O) groups excluding carboxylic acids is 1. The number of thiocarbonyl (C=S) groups is 1. The summed E-state index contributed by atoms with van der Waals surface area (Å²) in [6.07, 6.45) is 1.43. The van der Waals surface area contributed by atoms with Crippen LogP contribution in [-0.2, 0) is 0 Å². The quantitative estimate of drug-likeness (QED) is 0.511. The Bertz CT molecular complexity index is 1130. The number of anilines is 1. The van der Waals surface area contributed by atoms with Gasteiger partial charge in [-0.1, -0.05) is 12.1 Å². The van der Waals surface area contributed by atoms with Gasteiger partial charge in [0.05, 0.1) is 6.26 Å². The number of benzene rings is 2.